The van der Waals surface area contributed by atoms with Gasteiger partial charge in [-0.2, -0.15) is 0 Å². The Hall–Kier alpha value is -2.45. The highest BCUT2D eigenvalue weighted by Gasteiger charge is 2.10. The third kappa shape index (κ3) is 8.19. The lowest BCUT2D eigenvalue weighted by Gasteiger charge is -2.12. The van der Waals surface area contributed by atoms with E-state index in [1.165, 1.54) is 12.1 Å². The molecule has 0 amide bonds. The van der Waals surface area contributed by atoms with Crippen LogP contribution in [0.1, 0.15) is 18.1 Å². The minimum atomic E-state index is -3.40. The maximum absolute atomic E-state index is 12.9. The van der Waals surface area contributed by atoms with Gasteiger partial charge in [0.25, 0.3) is 0 Å². The summed E-state index contributed by atoms with van der Waals surface area (Å²) in [5.41, 5.74) is 1.77. The van der Waals surface area contributed by atoms with Crippen LogP contribution in [0.25, 0.3) is 0 Å². The summed E-state index contributed by atoms with van der Waals surface area (Å²) in [6.45, 7) is 3.43. The second-order valence-electron chi connectivity index (χ2n) is 5.87. The number of guanidine groups is 1. The Morgan fingerprint density at radius 2 is 1.70 bits per heavy atom. The van der Waals surface area contributed by atoms with Crippen LogP contribution >= 0.6 is 0 Å². The number of benzene rings is 2. The Bertz CT molecular complexity index is 825. The summed E-state index contributed by atoms with van der Waals surface area (Å²) in [4.78, 5) is 4.38. The van der Waals surface area contributed by atoms with Crippen molar-refractivity contribution < 1.29 is 12.8 Å². The maximum atomic E-state index is 12.9. The highest BCUT2D eigenvalue weighted by atomic mass is 32.2. The van der Waals surface area contributed by atoms with Crippen LogP contribution < -0.4 is 15.4 Å². The predicted molar refractivity (Wildman–Crippen MR) is 106 cm³/mol. The van der Waals surface area contributed by atoms with E-state index in [2.05, 4.69) is 20.3 Å². The number of nitrogens with one attached hydrogen (secondary N) is 3. The van der Waals surface area contributed by atoms with Gasteiger partial charge < -0.3 is 10.6 Å². The van der Waals surface area contributed by atoms with E-state index in [9.17, 15) is 12.8 Å². The normalized spacial score (nSPS) is 12.0. The molecule has 0 aliphatic heterocycles. The summed E-state index contributed by atoms with van der Waals surface area (Å²) < 4.78 is 39.7. The standard InChI is InChI=1S/C19H25FN4O2S/c1-2-21-19(23-14-17-8-10-18(20)11-9-17)22-12-13-27(25,26)24-15-16-6-4-3-5-7-16/h3-11,24H,2,12-15H2,1H3,(H2,21,22,23). The molecule has 0 bridgehead atoms. The van der Waals surface area contributed by atoms with Crippen LogP contribution in [0.2, 0.25) is 0 Å². The SMILES string of the molecule is CCNC(=NCc1ccc(F)cc1)NCCS(=O)(=O)NCc1ccccc1. The van der Waals surface area contributed by atoms with Gasteiger partial charge in [-0.25, -0.2) is 22.5 Å². The molecule has 0 fully saturated rings. The molecule has 0 spiro atoms. The van der Waals surface area contributed by atoms with Gasteiger partial charge in [-0.1, -0.05) is 42.5 Å². The van der Waals surface area contributed by atoms with Gasteiger partial charge in [0.15, 0.2) is 5.96 Å². The minimum absolute atomic E-state index is 0.0687. The van der Waals surface area contributed by atoms with Crippen molar-refractivity contribution >= 4 is 16.0 Å². The Morgan fingerprint density at radius 1 is 1.00 bits per heavy atom. The van der Waals surface area contributed by atoms with E-state index in [1.54, 1.807) is 12.1 Å². The molecule has 8 heteroatoms. The molecule has 0 radical (unpaired) electrons. The zero-order valence-corrected chi connectivity index (χ0v) is 16.1. The Labute approximate surface area is 160 Å². The fraction of sp³-hybridized carbons (Fsp3) is 0.316. The van der Waals surface area contributed by atoms with Gasteiger partial charge in [0, 0.05) is 19.6 Å². The van der Waals surface area contributed by atoms with E-state index in [1.807, 2.05) is 37.3 Å². The second-order valence-corrected chi connectivity index (χ2v) is 7.80. The molecular weight excluding hydrogens is 367 g/mol. The summed E-state index contributed by atoms with van der Waals surface area (Å²) in [6, 6.07) is 15.5. The average Bonchev–Trinajstić information content (AvgIpc) is 2.66. The van der Waals surface area contributed by atoms with Gasteiger partial charge in [0.2, 0.25) is 10.0 Å². The lowest BCUT2D eigenvalue weighted by Crippen LogP contribution is -2.41. The van der Waals surface area contributed by atoms with E-state index in [0.717, 1.165) is 11.1 Å². The van der Waals surface area contributed by atoms with Crippen LogP contribution in [-0.2, 0) is 23.1 Å². The molecule has 0 aliphatic carbocycles. The van der Waals surface area contributed by atoms with E-state index >= 15 is 0 Å². The lowest BCUT2D eigenvalue weighted by molar-refractivity contribution is 0.580. The first kappa shape index (κ1) is 20.9. The molecule has 3 N–H and O–H groups in total. The van der Waals surface area contributed by atoms with Crippen LogP contribution in [0.15, 0.2) is 59.6 Å². The van der Waals surface area contributed by atoms with Gasteiger partial charge in [-0.3, -0.25) is 0 Å². The van der Waals surface area contributed by atoms with Crippen LogP contribution in [0.4, 0.5) is 4.39 Å². The number of halogens is 1. The van der Waals surface area contributed by atoms with Crippen molar-refractivity contribution in [3.63, 3.8) is 0 Å². The molecule has 146 valence electrons. The summed E-state index contributed by atoms with van der Waals surface area (Å²) in [7, 11) is -3.40. The number of aliphatic imine (C=N–C) groups is 1. The van der Waals surface area contributed by atoms with Crippen molar-refractivity contribution in [2.45, 2.75) is 20.0 Å². The van der Waals surface area contributed by atoms with Crippen LogP contribution in [0.5, 0.6) is 0 Å². The number of hydrogen-bond acceptors (Lipinski definition) is 3. The Balaban J connectivity index is 1.81. The summed E-state index contributed by atoms with van der Waals surface area (Å²) in [5.74, 6) is 0.155. The largest absolute Gasteiger partial charge is 0.357 e. The van der Waals surface area contributed by atoms with Crippen molar-refractivity contribution in [2.24, 2.45) is 4.99 Å². The monoisotopic (exact) mass is 392 g/mol. The van der Waals surface area contributed by atoms with Crippen molar-refractivity contribution in [1.82, 2.24) is 15.4 Å². The molecule has 0 unspecified atom stereocenters. The van der Waals surface area contributed by atoms with Crippen LogP contribution in [-0.4, -0.2) is 33.2 Å². The van der Waals surface area contributed by atoms with E-state index in [-0.39, 0.29) is 24.7 Å². The van der Waals surface area contributed by atoms with Gasteiger partial charge >= 0.3 is 0 Å². The lowest BCUT2D eigenvalue weighted by atomic mass is 10.2. The molecule has 0 aromatic heterocycles. The smallest absolute Gasteiger partial charge is 0.213 e. The van der Waals surface area contributed by atoms with Crippen LogP contribution in [0.3, 0.4) is 0 Å². The average molecular weight is 393 g/mol. The molecular formula is C19H25FN4O2S. The molecule has 0 heterocycles. The first-order valence-electron chi connectivity index (χ1n) is 8.76. The predicted octanol–water partition coefficient (Wildman–Crippen LogP) is 2.00. The number of hydrogen-bond donors (Lipinski definition) is 3. The fourth-order valence-corrected chi connectivity index (χ4v) is 3.17. The molecule has 0 aliphatic rings. The van der Waals surface area contributed by atoms with Crippen molar-refractivity contribution in [1.29, 1.82) is 0 Å². The molecule has 0 atom stereocenters. The summed E-state index contributed by atoms with van der Waals surface area (Å²) in [6.07, 6.45) is 0. The third-order valence-electron chi connectivity index (χ3n) is 3.68. The van der Waals surface area contributed by atoms with Gasteiger partial charge in [-0.05, 0) is 30.2 Å². The van der Waals surface area contributed by atoms with Gasteiger partial charge in [0.05, 0.1) is 12.3 Å². The highest BCUT2D eigenvalue weighted by Crippen LogP contribution is 2.04. The van der Waals surface area contributed by atoms with E-state index < -0.39 is 10.0 Å². The summed E-state index contributed by atoms with van der Waals surface area (Å²) in [5, 5.41) is 6.06. The highest BCUT2D eigenvalue weighted by molar-refractivity contribution is 7.89. The first-order valence-corrected chi connectivity index (χ1v) is 10.4. The first-order chi connectivity index (χ1) is 13.0. The number of rotatable bonds is 9. The molecule has 2 aromatic rings. The molecule has 2 rings (SSSR count). The van der Waals surface area contributed by atoms with Crippen molar-refractivity contribution in [2.75, 3.05) is 18.8 Å². The molecule has 0 saturated carbocycles. The minimum Gasteiger partial charge on any atom is -0.357 e. The van der Waals surface area contributed by atoms with Crippen molar-refractivity contribution in [3.05, 3.63) is 71.5 Å². The quantitative estimate of drug-likeness (QED) is 0.450. The zero-order valence-electron chi connectivity index (χ0n) is 15.3. The summed E-state index contributed by atoms with van der Waals surface area (Å²) >= 11 is 0. The fourth-order valence-electron chi connectivity index (χ4n) is 2.27. The molecule has 6 nitrogen and oxygen atoms in total. The van der Waals surface area contributed by atoms with E-state index in [4.69, 9.17) is 0 Å². The van der Waals surface area contributed by atoms with Gasteiger partial charge in [0.1, 0.15) is 5.82 Å². The Morgan fingerprint density at radius 3 is 2.37 bits per heavy atom. The second kappa shape index (κ2) is 10.6. The topological polar surface area (TPSA) is 82.6 Å². The Kier molecular flexibility index (Phi) is 8.22. The van der Waals surface area contributed by atoms with Crippen LogP contribution in [0, 0.1) is 5.82 Å². The number of sulfonamides is 1. The van der Waals surface area contributed by atoms with Crippen molar-refractivity contribution in [3.8, 4) is 0 Å². The maximum Gasteiger partial charge on any atom is 0.213 e. The molecule has 27 heavy (non-hydrogen) atoms. The molecule has 0 saturated heterocycles. The third-order valence-corrected chi connectivity index (χ3v) is 5.01. The number of nitrogens with zero attached hydrogens (tertiary/aromatic N) is 1. The van der Waals surface area contributed by atoms with E-state index in [0.29, 0.717) is 19.0 Å². The van der Waals surface area contributed by atoms with Gasteiger partial charge in [-0.15, -0.1) is 0 Å². The molecule has 2 aromatic carbocycles. The zero-order chi connectivity index (χ0) is 19.5.